The molecule has 0 bridgehead atoms. The van der Waals surface area contributed by atoms with Crippen LogP contribution < -0.4 is 21.3 Å². The van der Waals surface area contributed by atoms with E-state index in [1.807, 2.05) is 12.1 Å². The molecule has 0 saturated carbocycles. The van der Waals surface area contributed by atoms with Gasteiger partial charge < -0.3 is 50.0 Å². The van der Waals surface area contributed by atoms with Gasteiger partial charge in [-0.15, -0.1) is 0 Å². The third-order valence-electron chi connectivity index (χ3n) is 9.39. The van der Waals surface area contributed by atoms with Crippen molar-refractivity contribution in [2.45, 2.75) is 50.6 Å². The van der Waals surface area contributed by atoms with E-state index < -0.39 is 0 Å². The number of fused-ring (bicyclic) bond motifs is 2. The Morgan fingerprint density at radius 2 is 0.944 bits per heavy atom. The molecule has 2 aliphatic rings. The standard InChI is InChI=1S/C38H56Cl4N6O6/c1-47-23-27(31-19-29(39)21-35(41)33(31)25-47)5-11-51-15-17-53-13-9-45-37(49)43-7-3-4-8-44-38(50)46-10-14-54-18-16-52-12-6-28-24-48(2)26-34-32(28)20-30(40)22-36(34)42/h19-22,27-28H,3-18,23-26H2,1-2H3,(H2,43,45,49)(H2,44,46,50). The lowest BCUT2D eigenvalue weighted by Gasteiger charge is -2.33. The van der Waals surface area contributed by atoms with Crippen LogP contribution in [0.1, 0.15) is 59.8 Å². The maximum atomic E-state index is 12.0. The number of halogens is 4. The molecule has 2 heterocycles. The highest BCUT2D eigenvalue weighted by molar-refractivity contribution is 6.35. The van der Waals surface area contributed by atoms with Gasteiger partial charge in [0.15, 0.2) is 0 Å². The molecule has 2 aromatic carbocycles. The van der Waals surface area contributed by atoms with Gasteiger partial charge in [-0.3, -0.25) is 0 Å². The molecular weight excluding hydrogens is 778 g/mol. The second-order valence-electron chi connectivity index (χ2n) is 13.8. The summed E-state index contributed by atoms with van der Waals surface area (Å²) in [5.74, 6) is 0.631. The van der Waals surface area contributed by atoms with Gasteiger partial charge >= 0.3 is 12.1 Å². The van der Waals surface area contributed by atoms with Crippen molar-refractivity contribution in [2.75, 3.05) is 106 Å². The van der Waals surface area contributed by atoms with Gasteiger partial charge in [0, 0.05) is 85.7 Å². The second-order valence-corrected chi connectivity index (χ2v) is 15.5. The molecule has 16 heteroatoms. The second kappa shape index (κ2) is 24.5. The fourth-order valence-corrected chi connectivity index (χ4v) is 7.91. The van der Waals surface area contributed by atoms with Crippen molar-refractivity contribution in [1.82, 2.24) is 31.1 Å². The van der Waals surface area contributed by atoms with Crippen molar-refractivity contribution in [1.29, 1.82) is 0 Å². The lowest BCUT2D eigenvalue weighted by atomic mass is 9.88. The number of benzene rings is 2. The lowest BCUT2D eigenvalue weighted by molar-refractivity contribution is 0.0453. The van der Waals surface area contributed by atoms with Crippen LogP contribution in [-0.2, 0) is 32.0 Å². The van der Waals surface area contributed by atoms with Crippen LogP contribution in [0.5, 0.6) is 0 Å². The maximum absolute atomic E-state index is 12.0. The Morgan fingerprint density at radius 1 is 0.574 bits per heavy atom. The van der Waals surface area contributed by atoms with E-state index in [1.165, 1.54) is 11.1 Å². The van der Waals surface area contributed by atoms with E-state index in [-0.39, 0.29) is 12.1 Å². The molecule has 2 atom stereocenters. The van der Waals surface area contributed by atoms with E-state index in [1.54, 1.807) is 12.1 Å². The minimum atomic E-state index is -0.248. The Labute approximate surface area is 340 Å². The SMILES string of the molecule is CN1Cc2c(Cl)cc(Cl)cc2C(CCOCCOCCNC(=O)NCCCCNC(=O)NCCOCCOCCC2CN(C)Cc3c(Cl)cc(Cl)cc32)C1. The van der Waals surface area contributed by atoms with Crippen LogP contribution in [-0.4, -0.2) is 128 Å². The molecule has 2 aliphatic heterocycles. The number of likely N-dealkylation sites (N-methyl/N-ethyl adjacent to an activating group) is 2. The molecule has 0 fully saturated rings. The van der Waals surface area contributed by atoms with Crippen molar-refractivity contribution < 1.29 is 28.5 Å². The fourth-order valence-electron chi connectivity index (χ4n) is 6.77. The van der Waals surface area contributed by atoms with Gasteiger partial charge in [0.2, 0.25) is 0 Å². The predicted octanol–water partition coefficient (Wildman–Crippen LogP) is 6.28. The zero-order valence-electron chi connectivity index (χ0n) is 31.5. The quantitative estimate of drug-likeness (QED) is 0.0965. The Balaban J connectivity index is 0.885. The van der Waals surface area contributed by atoms with Gasteiger partial charge in [0.25, 0.3) is 0 Å². The van der Waals surface area contributed by atoms with Crippen LogP contribution in [0.15, 0.2) is 24.3 Å². The summed E-state index contributed by atoms with van der Waals surface area (Å²) < 4.78 is 22.7. The smallest absolute Gasteiger partial charge is 0.314 e. The van der Waals surface area contributed by atoms with Gasteiger partial charge in [-0.2, -0.15) is 0 Å². The highest BCUT2D eigenvalue weighted by Gasteiger charge is 2.27. The summed E-state index contributed by atoms with van der Waals surface area (Å²) in [6.45, 7) is 9.22. The molecule has 2 aromatic rings. The van der Waals surface area contributed by atoms with Gasteiger partial charge in [-0.05, 0) is 98.1 Å². The fraction of sp³-hybridized carbons (Fsp3) is 0.632. The Hall–Kier alpha value is -2.10. The van der Waals surface area contributed by atoms with E-state index in [4.69, 9.17) is 65.4 Å². The summed E-state index contributed by atoms with van der Waals surface area (Å²) >= 11 is 25.4. The summed E-state index contributed by atoms with van der Waals surface area (Å²) in [5, 5.41) is 13.9. The number of nitrogens with one attached hydrogen (secondary N) is 4. The zero-order chi connectivity index (χ0) is 38.7. The molecule has 0 aromatic heterocycles. The van der Waals surface area contributed by atoms with Crippen LogP contribution >= 0.6 is 46.4 Å². The van der Waals surface area contributed by atoms with Crippen molar-refractivity contribution in [3.63, 3.8) is 0 Å². The Bertz CT molecular complexity index is 1370. The topological polar surface area (TPSA) is 126 Å². The van der Waals surface area contributed by atoms with Crippen molar-refractivity contribution in [3.05, 3.63) is 66.6 Å². The van der Waals surface area contributed by atoms with E-state index in [0.717, 1.165) is 73.0 Å². The molecule has 4 rings (SSSR count). The largest absolute Gasteiger partial charge is 0.379 e. The Morgan fingerprint density at radius 3 is 1.35 bits per heavy atom. The van der Waals surface area contributed by atoms with Crippen LogP contribution in [0.2, 0.25) is 20.1 Å². The zero-order valence-corrected chi connectivity index (χ0v) is 34.5. The summed E-state index contributed by atoms with van der Waals surface area (Å²) in [4.78, 5) is 28.6. The van der Waals surface area contributed by atoms with E-state index in [9.17, 15) is 9.59 Å². The first kappa shape index (κ1) is 44.6. The van der Waals surface area contributed by atoms with Crippen molar-refractivity contribution in [3.8, 4) is 0 Å². The van der Waals surface area contributed by atoms with E-state index in [0.29, 0.717) is 101 Å². The molecule has 0 aliphatic carbocycles. The maximum Gasteiger partial charge on any atom is 0.314 e. The minimum Gasteiger partial charge on any atom is -0.379 e. The number of amides is 4. The third kappa shape index (κ3) is 15.8. The highest BCUT2D eigenvalue weighted by Crippen LogP contribution is 2.37. The molecule has 302 valence electrons. The number of nitrogens with zero attached hydrogens (tertiary/aromatic N) is 2. The number of unbranched alkanes of at least 4 members (excludes halogenated alkanes) is 1. The Kier molecular flexibility index (Phi) is 20.3. The average molecular weight is 835 g/mol. The van der Waals surface area contributed by atoms with Gasteiger partial charge in [0.05, 0.1) is 39.6 Å². The first-order valence-corrected chi connectivity index (χ1v) is 20.3. The van der Waals surface area contributed by atoms with Gasteiger partial charge in [-0.1, -0.05) is 46.4 Å². The van der Waals surface area contributed by atoms with Crippen molar-refractivity contribution >= 4 is 58.5 Å². The number of hydrogen-bond donors (Lipinski definition) is 4. The molecule has 4 amide bonds. The van der Waals surface area contributed by atoms with Gasteiger partial charge in [-0.25, -0.2) is 9.59 Å². The summed E-state index contributed by atoms with van der Waals surface area (Å²) in [6.07, 6.45) is 3.21. The van der Waals surface area contributed by atoms with Crippen LogP contribution in [0.4, 0.5) is 9.59 Å². The first-order chi connectivity index (χ1) is 26.1. The predicted molar refractivity (Wildman–Crippen MR) is 216 cm³/mol. The molecule has 4 N–H and O–H groups in total. The molecule has 0 radical (unpaired) electrons. The first-order valence-electron chi connectivity index (χ1n) is 18.8. The summed E-state index contributed by atoms with van der Waals surface area (Å²) in [5.41, 5.74) is 4.72. The molecule has 54 heavy (non-hydrogen) atoms. The normalized spacial score (nSPS) is 17.1. The minimum absolute atomic E-state index is 0.248. The number of carbonyl (C=O) groups excluding carboxylic acids is 2. The molecule has 0 spiro atoms. The molecule has 0 saturated heterocycles. The van der Waals surface area contributed by atoms with E-state index >= 15 is 0 Å². The van der Waals surface area contributed by atoms with Crippen LogP contribution in [0, 0.1) is 0 Å². The third-order valence-corrected chi connectivity index (χ3v) is 10.5. The highest BCUT2D eigenvalue weighted by atomic mass is 35.5. The lowest BCUT2D eigenvalue weighted by Crippen LogP contribution is -2.39. The summed E-state index contributed by atoms with van der Waals surface area (Å²) in [7, 11) is 4.19. The monoisotopic (exact) mass is 832 g/mol. The van der Waals surface area contributed by atoms with E-state index in [2.05, 4.69) is 45.2 Å². The van der Waals surface area contributed by atoms with Gasteiger partial charge in [0.1, 0.15) is 0 Å². The molecule has 12 nitrogen and oxygen atoms in total. The summed E-state index contributed by atoms with van der Waals surface area (Å²) in [6, 6.07) is 7.16. The number of rotatable bonds is 23. The van der Waals surface area contributed by atoms with Crippen LogP contribution in [0.25, 0.3) is 0 Å². The number of urea groups is 2. The number of ether oxygens (including phenoxy) is 4. The van der Waals surface area contributed by atoms with Crippen molar-refractivity contribution in [2.24, 2.45) is 0 Å². The van der Waals surface area contributed by atoms with Crippen LogP contribution in [0.3, 0.4) is 0 Å². The average Bonchev–Trinajstić information content (AvgIpc) is 3.12. The molecular formula is C38H56Cl4N6O6. The number of carbonyl (C=O) groups is 2. The number of hydrogen-bond acceptors (Lipinski definition) is 8. The molecule has 2 unspecified atom stereocenters.